The van der Waals surface area contributed by atoms with Crippen LogP contribution >= 0.6 is 15.9 Å². The summed E-state index contributed by atoms with van der Waals surface area (Å²) in [4.78, 5) is 4.14. The first-order chi connectivity index (χ1) is 11.2. The van der Waals surface area contributed by atoms with Crippen molar-refractivity contribution in [2.45, 2.75) is 12.8 Å². The molecule has 1 aromatic carbocycles. The summed E-state index contributed by atoms with van der Waals surface area (Å²) < 4.78 is 24.8. The highest BCUT2D eigenvalue weighted by Crippen LogP contribution is 2.15. The van der Waals surface area contributed by atoms with Crippen molar-refractivity contribution in [2.24, 2.45) is 4.99 Å². The number of rotatable bonds is 10. The lowest BCUT2D eigenvalue weighted by molar-refractivity contribution is 0.0698. The molecule has 0 aromatic heterocycles. The molecule has 0 aliphatic heterocycles. The molecule has 0 atom stereocenters. The van der Waals surface area contributed by atoms with Crippen molar-refractivity contribution in [3.8, 4) is 0 Å². The van der Waals surface area contributed by atoms with E-state index in [0.717, 1.165) is 17.4 Å². The third-order valence-electron chi connectivity index (χ3n) is 3.11. The standard InChI is InChI=1S/C16H25BrFN3O2/c1-19-16(20-7-3-9-23-11-10-22-2)21-8-6-13-12-14(17)4-5-15(13)18/h4-5,12H,3,6-11H2,1-2H3,(H2,19,20,21). The van der Waals surface area contributed by atoms with Gasteiger partial charge in [0.15, 0.2) is 5.96 Å². The van der Waals surface area contributed by atoms with E-state index in [1.807, 2.05) is 0 Å². The third kappa shape index (κ3) is 8.88. The number of nitrogens with zero attached hydrogens (tertiary/aromatic N) is 1. The molecular weight excluding hydrogens is 365 g/mol. The number of guanidine groups is 1. The van der Waals surface area contributed by atoms with Crippen molar-refractivity contribution >= 4 is 21.9 Å². The summed E-state index contributed by atoms with van der Waals surface area (Å²) >= 11 is 3.35. The van der Waals surface area contributed by atoms with Crippen molar-refractivity contribution in [3.05, 3.63) is 34.1 Å². The molecular formula is C16H25BrFN3O2. The fourth-order valence-corrected chi connectivity index (χ4v) is 2.30. The molecule has 0 aliphatic carbocycles. The van der Waals surface area contributed by atoms with Crippen LogP contribution in [0, 0.1) is 5.82 Å². The predicted molar refractivity (Wildman–Crippen MR) is 94.5 cm³/mol. The van der Waals surface area contributed by atoms with Gasteiger partial charge < -0.3 is 20.1 Å². The molecule has 0 unspecified atom stereocenters. The highest BCUT2D eigenvalue weighted by atomic mass is 79.9. The van der Waals surface area contributed by atoms with Crippen LogP contribution in [0.1, 0.15) is 12.0 Å². The zero-order chi connectivity index (χ0) is 16.9. The molecule has 1 aromatic rings. The second kappa shape index (κ2) is 12.3. The normalized spacial score (nSPS) is 11.6. The van der Waals surface area contributed by atoms with E-state index >= 15 is 0 Å². The number of benzene rings is 1. The quantitative estimate of drug-likeness (QED) is 0.366. The Kier molecular flexibility index (Phi) is 10.6. The highest BCUT2D eigenvalue weighted by Gasteiger charge is 2.03. The summed E-state index contributed by atoms with van der Waals surface area (Å²) in [5.74, 6) is 0.517. The number of nitrogens with one attached hydrogen (secondary N) is 2. The number of hydrogen-bond donors (Lipinski definition) is 2. The van der Waals surface area contributed by atoms with Crippen LogP contribution in [0.3, 0.4) is 0 Å². The Labute approximate surface area is 145 Å². The summed E-state index contributed by atoms with van der Waals surface area (Å²) in [5.41, 5.74) is 0.675. The van der Waals surface area contributed by atoms with E-state index < -0.39 is 0 Å². The SMILES string of the molecule is CN=C(NCCCOCCOC)NCCc1cc(Br)ccc1F. The van der Waals surface area contributed by atoms with E-state index in [1.165, 1.54) is 6.07 Å². The van der Waals surface area contributed by atoms with Gasteiger partial charge in [-0.3, -0.25) is 4.99 Å². The summed E-state index contributed by atoms with van der Waals surface area (Å²) in [6.45, 7) is 3.27. The molecule has 0 amide bonds. The molecule has 0 fully saturated rings. The molecule has 7 heteroatoms. The van der Waals surface area contributed by atoms with Crippen LogP contribution in [0.15, 0.2) is 27.7 Å². The maximum absolute atomic E-state index is 13.6. The van der Waals surface area contributed by atoms with E-state index in [2.05, 4.69) is 31.6 Å². The highest BCUT2D eigenvalue weighted by molar-refractivity contribution is 9.10. The molecule has 23 heavy (non-hydrogen) atoms. The van der Waals surface area contributed by atoms with Crippen LogP contribution in [0.2, 0.25) is 0 Å². The Morgan fingerprint density at radius 1 is 1.22 bits per heavy atom. The van der Waals surface area contributed by atoms with Crippen LogP contribution in [0.4, 0.5) is 4.39 Å². The second-order valence-corrected chi connectivity index (χ2v) is 5.79. The fourth-order valence-electron chi connectivity index (χ4n) is 1.90. The summed E-state index contributed by atoms with van der Waals surface area (Å²) in [6.07, 6.45) is 1.47. The molecule has 0 bridgehead atoms. The maximum atomic E-state index is 13.6. The number of hydrogen-bond acceptors (Lipinski definition) is 3. The van der Waals surface area contributed by atoms with E-state index in [-0.39, 0.29) is 5.82 Å². The van der Waals surface area contributed by atoms with Gasteiger partial charge >= 0.3 is 0 Å². The van der Waals surface area contributed by atoms with Gasteiger partial charge in [-0.25, -0.2) is 4.39 Å². The van der Waals surface area contributed by atoms with Crippen LogP contribution in [-0.2, 0) is 15.9 Å². The van der Waals surface area contributed by atoms with Gasteiger partial charge in [0.25, 0.3) is 0 Å². The zero-order valence-electron chi connectivity index (χ0n) is 13.7. The van der Waals surface area contributed by atoms with Gasteiger partial charge in [-0.05, 0) is 36.6 Å². The summed E-state index contributed by atoms with van der Waals surface area (Å²) in [7, 11) is 3.37. The van der Waals surface area contributed by atoms with Crippen molar-refractivity contribution in [2.75, 3.05) is 47.1 Å². The van der Waals surface area contributed by atoms with E-state index in [4.69, 9.17) is 9.47 Å². The zero-order valence-corrected chi connectivity index (χ0v) is 15.3. The number of methoxy groups -OCH3 is 1. The fraction of sp³-hybridized carbons (Fsp3) is 0.562. The van der Waals surface area contributed by atoms with E-state index in [9.17, 15) is 4.39 Å². The van der Waals surface area contributed by atoms with E-state index in [0.29, 0.717) is 44.3 Å². The summed E-state index contributed by atoms with van der Waals surface area (Å²) in [5, 5.41) is 6.37. The van der Waals surface area contributed by atoms with Crippen molar-refractivity contribution < 1.29 is 13.9 Å². The van der Waals surface area contributed by atoms with Gasteiger partial charge in [0.2, 0.25) is 0 Å². The third-order valence-corrected chi connectivity index (χ3v) is 3.60. The molecule has 0 saturated carbocycles. The Bertz CT molecular complexity index is 486. The molecule has 2 N–H and O–H groups in total. The maximum Gasteiger partial charge on any atom is 0.190 e. The minimum Gasteiger partial charge on any atom is -0.382 e. The van der Waals surface area contributed by atoms with Crippen LogP contribution < -0.4 is 10.6 Å². The summed E-state index contributed by atoms with van der Waals surface area (Å²) in [6, 6.07) is 4.96. The Balaban J connectivity index is 2.18. The number of ether oxygens (including phenoxy) is 2. The van der Waals surface area contributed by atoms with Gasteiger partial charge in [0.05, 0.1) is 13.2 Å². The molecule has 0 radical (unpaired) electrons. The van der Waals surface area contributed by atoms with Gasteiger partial charge in [-0.15, -0.1) is 0 Å². The monoisotopic (exact) mass is 389 g/mol. The molecule has 5 nitrogen and oxygen atoms in total. The average Bonchev–Trinajstić information content (AvgIpc) is 2.55. The number of aliphatic imine (C=N–C) groups is 1. The minimum absolute atomic E-state index is 0.189. The van der Waals surface area contributed by atoms with Gasteiger partial charge in [0.1, 0.15) is 5.82 Å². The smallest absolute Gasteiger partial charge is 0.190 e. The van der Waals surface area contributed by atoms with Crippen LogP contribution in [0.5, 0.6) is 0 Å². The average molecular weight is 390 g/mol. The second-order valence-electron chi connectivity index (χ2n) is 4.87. The molecule has 0 saturated heterocycles. The van der Waals surface area contributed by atoms with Crippen molar-refractivity contribution in [1.29, 1.82) is 0 Å². The van der Waals surface area contributed by atoms with Crippen LogP contribution in [-0.4, -0.2) is 53.0 Å². The molecule has 0 aliphatic rings. The molecule has 0 spiro atoms. The van der Waals surface area contributed by atoms with Gasteiger partial charge in [0, 0.05) is 38.3 Å². The Morgan fingerprint density at radius 3 is 2.74 bits per heavy atom. The minimum atomic E-state index is -0.189. The lowest BCUT2D eigenvalue weighted by Gasteiger charge is -2.12. The molecule has 0 heterocycles. The van der Waals surface area contributed by atoms with Crippen molar-refractivity contribution in [1.82, 2.24) is 10.6 Å². The number of halogens is 2. The first-order valence-electron chi connectivity index (χ1n) is 7.62. The molecule has 130 valence electrons. The largest absolute Gasteiger partial charge is 0.382 e. The van der Waals surface area contributed by atoms with Gasteiger partial charge in [-0.1, -0.05) is 15.9 Å². The first kappa shape index (κ1) is 19.9. The van der Waals surface area contributed by atoms with E-state index in [1.54, 1.807) is 26.3 Å². The lowest BCUT2D eigenvalue weighted by Crippen LogP contribution is -2.39. The van der Waals surface area contributed by atoms with Crippen LogP contribution in [0.25, 0.3) is 0 Å². The van der Waals surface area contributed by atoms with Crippen molar-refractivity contribution in [3.63, 3.8) is 0 Å². The predicted octanol–water partition coefficient (Wildman–Crippen LogP) is 2.35. The van der Waals surface area contributed by atoms with Gasteiger partial charge in [-0.2, -0.15) is 0 Å². The first-order valence-corrected chi connectivity index (χ1v) is 8.41. The molecule has 1 rings (SSSR count). The Morgan fingerprint density at radius 2 is 2.00 bits per heavy atom. The lowest BCUT2D eigenvalue weighted by atomic mass is 10.1. The topological polar surface area (TPSA) is 54.9 Å². The Hall–Kier alpha value is -1.18.